The predicted octanol–water partition coefficient (Wildman–Crippen LogP) is 7.99. The highest BCUT2D eigenvalue weighted by Crippen LogP contribution is 2.50. The number of halogens is 4. The molecule has 0 aliphatic rings. The zero-order chi connectivity index (χ0) is 30.3. The number of hydrogen-bond donors (Lipinski definition) is 1. The number of alkyl halides is 3. The number of hydrogen-bond acceptors (Lipinski definition) is 3. The third-order valence-electron chi connectivity index (χ3n) is 7.27. The third-order valence-corrected chi connectivity index (χ3v) is 9.39. The Morgan fingerprint density at radius 2 is 1.40 bits per heavy atom. The van der Waals surface area contributed by atoms with E-state index in [0.717, 1.165) is 15.4 Å². The van der Waals surface area contributed by atoms with Crippen molar-refractivity contribution in [2.45, 2.75) is 43.2 Å². The maximum atomic E-state index is 15.0. The lowest BCUT2D eigenvalue weighted by Crippen LogP contribution is -2.43. The number of pyridine rings is 1. The van der Waals surface area contributed by atoms with Crippen LogP contribution < -0.4 is 0 Å². The van der Waals surface area contributed by atoms with E-state index in [-0.39, 0.29) is 11.1 Å². The van der Waals surface area contributed by atoms with Gasteiger partial charge in [0.1, 0.15) is 11.0 Å². The average molecular weight is 611 g/mol. The molecule has 0 spiro atoms. The van der Waals surface area contributed by atoms with Crippen molar-refractivity contribution >= 4 is 33.5 Å². The van der Waals surface area contributed by atoms with E-state index in [9.17, 15) is 4.21 Å². The van der Waals surface area contributed by atoms with Gasteiger partial charge in [0.15, 0.2) is 6.04 Å². The zero-order valence-electron chi connectivity index (χ0n) is 23.5. The fourth-order valence-electron chi connectivity index (χ4n) is 5.57. The van der Waals surface area contributed by atoms with E-state index in [0.29, 0.717) is 21.8 Å². The fourth-order valence-corrected chi connectivity index (χ4v) is 7.13. The summed E-state index contributed by atoms with van der Waals surface area (Å²) in [6, 6.07) is 25.5. The average Bonchev–Trinajstić information content (AvgIpc) is 3.38. The number of fused-ring (bicyclic) bond motifs is 1. The molecule has 0 aliphatic heterocycles. The molecule has 0 fully saturated rings. The van der Waals surface area contributed by atoms with Crippen LogP contribution in [0, 0.1) is 0 Å². The number of rotatable bonds is 7. The number of aromatic amines is 1. The quantitative estimate of drug-likeness (QED) is 0.190. The summed E-state index contributed by atoms with van der Waals surface area (Å²) < 4.78 is 58.3. The minimum absolute atomic E-state index is 0.185. The maximum Gasteiger partial charge on any atom is 0.410 e. The summed E-state index contributed by atoms with van der Waals surface area (Å²) in [6.45, 7) is 4.91. The highest BCUT2D eigenvalue weighted by Gasteiger charge is 2.50. The van der Waals surface area contributed by atoms with Gasteiger partial charge in [-0.15, -0.1) is 0 Å². The molecule has 218 valence electrons. The Bertz CT molecular complexity index is 1680. The van der Waals surface area contributed by atoms with Crippen LogP contribution in [0.2, 0.25) is 5.02 Å². The topological polar surface area (TPSA) is 61.9 Å². The Morgan fingerprint density at radius 1 is 0.857 bits per heavy atom. The van der Waals surface area contributed by atoms with Crippen LogP contribution in [0.1, 0.15) is 54.9 Å². The van der Waals surface area contributed by atoms with Crippen molar-refractivity contribution in [2.75, 3.05) is 7.05 Å². The van der Waals surface area contributed by atoms with Crippen molar-refractivity contribution in [2.24, 2.45) is 0 Å². The zero-order valence-corrected chi connectivity index (χ0v) is 25.1. The summed E-state index contributed by atoms with van der Waals surface area (Å²) in [7, 11) is -0.781. The molecule has 0 saturated carbocycles. The van der Waals surface area contributed by atoms with E-state index in [4.69, 9.17) is 16.6 Å². The maximum absolute atomic E-state index is 15.0. The molecule has 2 atom stereocenters. The van der Waals surface area contributed by atoms with Crippen LogP contribution >= 0.6 is 11.6 Å². The van der Waals surface area contributed by atoms with Gasteiger partial charge in [-0.25, -0.2) is 8.51 Å². The molecule has 1 N–H and O–H groups in total. The number of benzene rings is 3. The van der Waals surface area contributed by atoms with Crippen LogP contribution in [-0.2, 0) is 16.4 Å². The van der Waals surface area contributed by atoms with Crippen molar-refractivity contribution in [3.63, 3.8) is 0 Å². The summed E-state index contributed by atoms with van der Waals surface area (Å²) in [6.07, 6.45) is -3.26. The lowest BCUT2D eigenvalue weighted by molar-refractivity contribution is -0.171. The van der Waals surface area contributed by atoms with E-state index < -0.39 is 33.4 Å². The van der Waals surface area contributed by atoms with Gasteiger partial charge in [-0.1, -0.05) is 90.5 Å². The van der Waals surface area contributed by atoms with Crippen LogP contribution in [-0.4, -0.2) is 41.7 Å². The monoisotopic (exact) mass is 610 g/mol. The van der Waals surface area contributed by atoms with Crippen LogP contribution in [0.4, 0.5) is 13.2 Å². The van der Waals surface area contributed by atoms with Gasteiger partial charge < -0.3 is 0 Å². The predicted molar refractivity (Wildman–Crippen MR) is 162 cm³/mol. The van der Waals surface area contributed by atoms with Crippen LogP contribution in [0.5, 0.6) is 0 Å². The van der Waals surface area contributed by atoms with Gasteiger partial charge in [0.05, 0.1) is 27.1 Å². The van der Waals surface area contributed by atoms with E-state index in [2.05, 4.69) is 10.2 Å². The second-order valence-corrected chi connectivity index (χ2v) is 13.7. The number of nitrogens with zero attached hydrogens (tertiary/aromatic N) is 3. The van der Waals surface area contributed by atoms with Gasteiger partial charge in [0.2, 0.25) is 0 Å². The number of H-pyrrole nitrogens is 1. The molecular weight excluding hydrogens is 581 g/mol. The molecule has 0 radical (unpaired) electrons. The molecule has 0 amide bonds. The molecule has 0 saturated heterocycles. The van der Waals surface area contributed by atoms with E-state index >= 15 is 13.2 Å². The minimum atomic E-state index is -4.80. The first kappa shape index (κ1) is 29.9. The molecule has 5 aromatic rings. The molecule has 2 aromatic heterocycles. The molecule has 10 heteroatoms. The van der Waals surface area contributed by atoms with E-state index in [1.807, 2.05) is 72.8 Å². The highest BCUT2D eigenvalue weighted by atomic mass is 35.5. The van der Waals surface area contributed by atoms with Crippen molar-refractivity contribution in [3.05, 3.63) is 130 Å². The Balaban J connectivity index is 1.95. The van der Waals surface area contributed by atoms with Gasteiger partial charge in [0.25, 0.3) is 0 Å². The summed E-state index contributed by atoms with van der Waals surface area (Å²) in [4.78, 5) is 4.82. The van der Waals surface area contributed by atoms with Gasteiger partial charge in [-0.3, -0.25) is 10.1 Å². The summed E-state index contributed by atoms with van der Waals surface area (Å²) >= 11 is 6.92. The van der Waals surface area contributed by atoms with Gasteiger partial charge in [0, 0.05) is 23.7 Å². The summed E-state index contributed by atoms with van der Waals surface area (Å²) in [5.41, 5.74) is 1.28. The second kappa shape index (κ2) is 11.3. The Kier molecular flexibility index (Phi) is 8.04. The molecular formula is C32H30ClF3N4OS. The normalized spacial score (nSPS) is 14.3. The first-order chi connectivity index (χ1) is 19.9. The van der Waals surface area contributed by atoms with Crippen molar-refractivity contribution < 1.29 is 17.4 Å². The van der Waals surface area contributed by atoms with Gasteiger partial charge in [-0.05, 0) is 49.6 Å². The molecule has 5 nitrogen and oxygen atoms in total. The Morgan fingerprint density at radius 3 is 1.93 bits per heavy atom. The number of nitrogens with one attached hydrogen (secondary N) is 1. The first-order valence-corrected chi connectivity index (χ1v) is 14.8. The molecule has 42 heavy (non-hydrogen) atoms. The molecule has 2 heterocycles. The van der Waals surface area contributed by atoms with Crippen LogP contribution in [0.3, 0.4) is 0 Å². The fraction of sp³-hybridized carbons (Fsp3) is 0.250. The van der Waals surface area contributed by atoms with Gasteiger partial charge in [-0.2, -0.15) is 18.3 Å². The summed E-state index contributed by atoms with van der Waals surface area (Å²) in [5.74, 6) is 0. The molecule has 3 aromatic carbocycles. The van der Waals surface area contributed by atoms with Crippen molar-refractivity contribution in [1.29, 1.82) is 0 Å². The van der Waals surface area contributed by atoms with Crippen molar-refractivity contribution in [1.82, 2.24) is 19.5 Å². The molecule has 2 unspecified atom stereocenters. The SMILES string of the molecule is CN(C(c1[nH]nc2ccnc(C(c3ccccc3)(c3ccccc3)c3ccccc3Cl)c12)C(F)(F)F)S(=O)C(C)(C)C. The molecule has 0 bridgehead atoms. The Labute approximate surface area is 250 Å². The van der Waals surface area contributed by atoms with Crippen LogP contribution in [0.25, 0.3) is 10.9 Å². The highest BCUT2D eigenvalue weighted by molar-refractivity contribution is 7.84. The number of aromatic nitrogens is 3. The standard InChI is InChI=1S/C32H30ClF3N4OS/c1-30(2,3)42(41)40(4)29(32(34,35)36)27-26-25(38-39-27)19-20-37-28(26)31(21-13-7-5-8-14-21,22-15-9-6-10-16-22)23-17-11-12-18-24(23)33/h5-20,29H,1-4H3,(H,38,39). The smallest absolute Gasteiger partial charge is 0.279 e. The van der Waals surface area contributed by atoms with Crippen molar-refractivity contribution in [3.8, 4) is 0 Å². The lowest BCUT2D eigenvalue weighted by atomic mass is 9.66. The minimum Gasteiger partial charge on any atom is -0.279 e. The van der Waals surface area contributed by atoms with E-state index in [1.165, 1.54) is 7.05 Å². The third kappa shape index (κ3) is 5.14. The second-order valence-electron chi connectivity index (χ2n) is 11.0. The summed E-state index contributed by atoms with van der Waals surface area (Å²) in [5, 5.41) is 7.59. The van der Waals surface area contributed by atoms with Gasteiger partial charge >= 0.3 is 6.18 Å². The molecule has 5 rings (SSSR count). The Hall–Kier alpha value is -3.53. The van der Waals surface area contributed by atoms with E-state index in [1.54, 1.807) is 45.2 Å². The molecule has 0 aliphatic carbocycles. The van der Waals surface area contributed by atoms with Crippen LogP contribution in [0.15, 0.2) is 97.2 Å². The first-order valence-electron chi connectivity index (χ1n) is 13.3. The lowest BCUT2D eigenvalue weighted by Gasteiger charge is -2.37. The largest absolute Gasteiger partial charge is 0.410 e.